The highest BCUT2D eigenvalue weighted by molar-refractivity contribution is 6.31. The molecule has 1 heterocycles. The van der Waals surface area contributed by atoms with Gasteiger partial charge in [-0.2, -0.15) is 15.4 Å². The fourth-order valence-corrected chi connectivity index (χ4v) is 1.50. The van der Waals surface area contributed by atoms with E-state index in [1.807, 2.05) is 0 Å². The van der Waals surface area contributed by atoms with Crippen LogP contribution in [0.4, 0.5) is 8.78 Å². The fraction of sp³-hybridized carbons (Fsp3) is 0. The number of carbonyl (C=O) groups is 1. The van der Waals surface area contributed by atoms with Crippen molar-refractivity contribution in [3.8, 4) is 11.3 Å². The lowest BCUT2D eigenvalue weighted by Crippen LogP contribution is -2.12. The number of aromatic nitrogens is 3. The first kappa shape index (κ1) is 11.5. The third-order valence-electron chi connectivity index (χ3n) is 2.04. The largest absolute Gasteiger partial charge is 0.364 e. The molecule has 88 valence electrons. The molecule has 5 nitrogen and oxygen atoms in total. The number of primary amides is 1. The van der Waals surface area contributed by atoms with Gasteiger partial charge < -0.3 is 5.73 Å². The van der Waals surface area contributed by atoms with E-state index in [1.54, 1.807) is 0 Å². The number of benzene rings is 1. The van der Waals surface area contributed by atoms with Crippen LogP contribution in [0.15, 0.2) is 12.1 Å². The Bertz CT molecular complexity index is 575. The molecule has 0 fully saturated rings. The fourth-order valence-electron chi connectivity index (χ4n) is 1.30. The number of rotatable bonds is 2. The van der Waals surface area contributed by atoms with Crippen molar-refractivity contribution in [2.24, 2.45) is 5.73 Å². The molecule has 1 amide bonds. The standard InChI is InChI=1S/C9H5ClF2N4O/c10-4-1-3(2-5(11)6(4)12)7-8(9(13)17)15-16-14-7/h1-2H,(H2,13,17)(H,14,15,16). The number of hydrogen-bond donors (Lipinski definition) is 2. The second kappa shape index (κ2) is 4.10. The van der Waals surface area contributed by atoms with E-state index in [9.17, 15) is 13.6 Å². The van der Waals surface area contributed by atoms with Gasteiger partial charge in [-0.3, -0.25) is 4.79 Å². The van der Waals surface area contributed by atoms with Gasteiger partial charge in [-0.15, -0.1) is 0 Å². The predicted octanol–water partition coefficient (Wildman–Crippen LogP) is 1.50. The molecular weight excluding hydrogens is 254 g/mol. The van der Waals surface area contributed by atoms with Gasteiger partial charge in [0, 0.05) is 5.56 Å². The number of nitrogens with one attached hydrogen (secondary N) is 1. The van der Waals surface area contributed by atoms with Crippen LogP contribution in [0.5, 0.6) is 0 Å². The minimum Gasteiger partial charge on any atom is -0.364 e. The van der Waals surface area contributed by atoms with Gasteiger partial charge in [-0.05, 0) is 12.1 Å². The van der Waals surface area contributed by atoms with Crippen molar-refractivity contribution in [2.45, 2.75) is 0 Å². The summed E-state index contributed by atoms with van der Waals surface area (Å²) in [4.78, 5) is 11.0. The zero-order valence-corrected chi connectivity index (χ0v) is 8.92. The summed E-state index contributed by atoms with van der Waals surface area (Å²) in [5.74, 6) is -3.15. The number of nitrogens with two attached hydrogens (primary N) is 1. The SMILES string of the molecule is NC(=O)c1n[nH]nc1-c1cc(F)c(F)c(Cl)c1. The Balaban J connectivity index is 2.61. The molecule has 0 aliphatic heterocycles. The number of halogens is 3. The first-order valence-electron chi connectivity index (χ1n) is 4.36. The third-order valence-corrected chi connectivity index (χ3v) is 2.31. The maximum absolute atomic E-state index is 13.1. The topological polar surface area (TPSA) is 84.7 Å². The van der Waals surface area contributed by atoms with Gasteiger partial charge >= 0.3 is 0 Å². The van der Waals surface area contributed by atoms with Gasteiger partial charge in [0.25, 0.3) is 5.91 Å². The maximum Gasteiger partial charge on any atom is 0.271 e. The van der Waals surface area contributed by atoms with Crippen LogP contribution in [-0.4, -0.2) is 21.3 Å². The highest BCUT2D eigenvalue weighted by Gasteiger charge is 2.18. The highest BCUT2D eigenvalue weighted by atomic mass is 35.5. The van der Waals surface area contributed by atoms with E-state index in [4.69, 9.17) is 17.3 Å². The summed E-state index contributed by atoms with van der Waals surface area (Å²) in [6.07, 6.45) is 0. The molecule has 0 aliphatic rings. The maximum atomic E-state index is 13.1. The summed E-state index contributed by atoms with van der Waals surface area (Å²) in [6.45, 7) is 0. The molecule has 1 aromatic heterocycles. The van der Waals surface area contributed by atoms with Crippen molar-refractivity contribution in [3.63, 3.8) is 0 Å². The van der Waals surface area contributed by atoms with Crippen LogP contribution in [0, 0.1) is 11.6 Å². The Hall–Kier alpha value is -2.02. The van der Waals surface area contributed by atoms with E-state index < -0.39 is 22.6 Å². The molecule has 0 saturated carbocycles. The Labute approximate surface area is 98.6 Å². The van der Waals surface area contributed by atoms with Crippen LogP contribution < -0.4 is 5.73 Å². The second-order valence-corrected chi connectivity index (χ2v) is 3.55. The minimum atomic E-state index is -1.17. The van der Waals surface area contributed by atoms with Crippen molar-refractivity contribution < 1.29 is 13.6 Å². The molecule has 0 bridgehead atoms. The lowest BCUT2D eigenvalue weighted by molar-refractivity contribution is 0.0996. The second-order valence-electron chi connectivity index (χ2n) is 3.14. The molecule has 2 aromatic rings. The van der Waals surface area contributed by atoms with Crippen molar-refractivity contribution in [1.82, 2.24) is 15.4 Å². The van der Waals surface area contributed by atoms with E-state index in [1.165, 1.54) is 0 Å². The van der Waals surface area contributed by atoms with Crippen molar-refractivity contribution in [3.05, 3.63) is 34.5 Å². The van der Waals surface area contributed by atoms with Gasteiger partial charge in [0.15, 0.2) is 17.3 Å². The molecule has 0 aliphatic carbocycles. The minimum absolute atomic E-state index is 0.0123. The molecule has 3 N–H and O–H groups in total. The van der Waals surface area contributed by atoms with E-state index in [-0.39, 0.29) is 17.0 Å². The lowest BCUT2D eigenvalue weighted by Gasteiger charge is -2.01. The van der Waals surface area contributed by atoms with Crippen molar-refractivity contribution in [2.75, 3.05) is 0 Å². The molecule has 2 rings (SSSR count). The van der Waals surface area contributed by atoms with Gasteiger partial charge in [-0.1, -0.05) is 11.6 Å². The van der Waals surface area contributed by atoms with Crippen LogP contribution >= 0.6 is 11.6 Å². The van der Waals surface area contributed by atoms with Crippen LogP contribution in [0.1, 0.15) is 10.5 Å². The molecule has 1 aromatic carbocycles. The van der Waals surface area contributed by atoms with E-state index in [0.717, 1.165) is 12.1 Å². The van der Waals surface area contributed by atoms with E-state index in [2.05, 4.69) is 15.4 Å². The molecule has 0 radical (unpaired) electrons. The number of hydrogen-bond acceptors (Lipinski definition) is 3. The van der Waals surface area contributed by atoms with Crippen molar-refractivity contribution >= 4 is 17.5 Å². The van der Waals surface area contributed by atoms with Crippen LogP contribution in [-0.2, 0) is 0 Å². The number of carbonyl (C=O) groups excluding carboxylic acids is 1. The molecule has 0 unspecified atom stereocenters. The van der Waals surface area contributed by atoms with Crippen molar-refractivity contribution in [1.29, 1.82) is 0 Å². The Morgan fingerprint density at radius 3 is 2.65 bits per heavy atom. The molecule has 0 spiro atoms. The quantitative estimate of drug-likeness (QED) is 0.801. The molecule has 0 atom stereocenters. The first-order valence-corrected chi connectivity index (χ1v) is 4.74. The number of amides is 1. The Kier molecular flexibility index (Phi) is 2.76. The van der Waals surface area contributed by atoms with Crippen LogP contribution in [0.25, 0.3) is 11.3 Å². The number of aromatic amines is 1. The average molecular weight is 259 g/mol. The summed E-state index contributed by atoms with van der Waals surface area (Å²) < 4.78 is 26.1. The summed E-state index contributed by atoms with van der Waals surface area (Å²) in [7, 11) is 0. The van der Waals surface area contributed by atoms with Gasteiger partial charge in [0.2, 0.25) is 0 Å². The lowest BCUT2D eigenvalue weighted by atomic mass is 10.1. The first-order chi connectivity index (χ1) is 8.00. The monoisotopic (exact) mass is 258 g/mol. The van der Waals surface area contributed by atoms with Gasteiger partial charge in [0.05, 0.1) is 5.02 Å². The Morgan fingerprint density at radius 2 is 2.06 bits per heavy atom. The summed E-state index contributed by atoms with van der Waals surface area (Å²) >= 11 is 5.48. The molecule has 0 saturated heterocycles. The molecule has 8 heteroatoms. The third kappa shape index (κ3) is 1.96. The number of H-pyrrole nitrogens is 1. The summed E-state index contributed by atoms with van der Waals surface area (Å²) in [5.41, 5.74) is 4.99. The average Bonchev–Trinajstić information content (AvgIpc) is 2.74. The van der Waals surface area contributed by atoms with Crippen LogP contribution in [0.3, 0.4) is 0 Å². The zero-order chi connectivity index (χ0) is 12.6. The summed E-state index contributed by atoms with van der Waals surface area (Å²) in [6, 6.07) is 1.98. The predicted molar refractivity (Wildman–Crippen MR) is 55.3 cm³/mol. The summed E-state index contributed by atoms with van der Waals surface area (Å²) in [5, 5.41) is 8.89. The van der Waals surface area contributed by atoms with Gasteiger partial charge in [0.1, 0.15) is 5.69 Å². The van der Waals surface area contributed by atoms with E-state index in [0.29, 0.717) is 0 Å². The number of nitrogens with zero attached hydrogens (tertiary/aromatic N) is 2. The van der Waals surface area contributed by atoms with E-state index >= 15 is 0 Å². The Morgan fingerprint density at radius 1 is 1.35 bits per heavy atom. The van der Waals surface area contributed by atoms with Crippen LogP contribution in [0.2, 0.25) is 5.02 Å². The van der Waals surface area contributed by atoms with Gasteiger partial charge in [-0.25, -0.2) is 8.78 Å². The molecule has 17 heavy (non-hydrogen) atoms. The zero-order valence-electron chi connectivity index (χ0n) is 8.17. The normalized spacial score (nSPS) is 10.5. The molecular formula is C9H5ClF2N4O. The highest BCUT2D eigenvalue weighted by Crippen LogP contribution is 2.27. The smallest absolute Gasteiger partial charge is 0.271 e.